The summed E-state index contributed by atoms with van der Waals surface area (Å²) in [6.45, 7) is 6.53. The molecular weight excluding hydrogens is 422 g/mol. The van der Waals surface area contributed by atoms with Gasteiger partial charge in [0.05, 0.1) is 36.8 Å². The lowest BCUT2D eigenvalue weighted by molar-refractivity contribution is -0.136. The van der Waals surface area contributed by atoms with Gasteiger partial charge >= 0.3 is 0 Å². The molecule has 1 aromatic carbocycles. The Kier molecular flexibility index (Phi) is 5.65. The molecular formula is C24H29N5O4. The third kappa shape index (κ3) is 4.25. The van der Waals surface area contributed by atoms with Crippen molar-refractivity contribution in [3.63, 3.8) is 0 Å². The van der Waals surface area contributed by atoms with Gasteiger partial charge in [0.15, 0.2) is 0 Å². The van der Waals surface area contributed by atoms with Crippen LogP contribution in [0.1, 0.15) is 26.7 Å². The van der Waals surface area contributed by atoms with Gasteiger partial charge in [0.2, 0.25) is 17.7 Å². The molecule has 174 valence electrons. The molecule has 1 aromatic heterocycles. The summed E-state index contributed by atoms with van der Waals surface area (Å²) in [6.07, 6.45) is 5.44. The molecule has 3 aliphatic rings. The van der Waals surface area contributed by atoms with Crippen LogP contribution in [0.2, 0.25) is 0 Å². The molecule has 2 fully saturated rings. The molecule has 0 N–H and O–H groups in total. The summed E-state index contributed by atoms with van der Waals surface area (Å²) in [4.78, 5) is 43.3. The second kappa shape index (κ2) is 8.62. The van der Waals surface area contributed by atoms with Crippen molar-refractivity contribution in [2.75, 3.05) is 42.6 Å². The molecule has 0 unspecified atom stereocenters. The molecule has 0 bridgehead atoms. The molecule has 3 amide bonds. The fraction of sp³-hybridized carbons (Fsp3) is 0.500. The summed E-state index contributed by atoms with van der Waals surface area (Å²) in [7, 11) is 0. The van der Waals surface area contributed by atoms with E-state index in [9.17, 15) is 14.4 Å². The van der Waals surface area contributed by atoms with Crippen LogP contribution < -0.4 is 9.80 Å². The number of morpholine rings is 1. The fourth-order valence-electron chi connectivity index (χ4n) is 4.69. The second-order valence-electron chi connectivity index (χ2n) is 9.08. The first-order valence-electron chi connectivity index (χ1n) is 11.6. The Morgan fingerprint density at radius 1 is 1.09 bits per heavy atom. The Labute approximate surface area is 192 Å². The minimum absolute atomic E-state index is 0.0192. The van der Waals surface area contributed by atoms with Crippen molar-refractivity contribution in [1.82, 2.24) is 14.7 Å². The van der Waals surface area contributed by atoms with Crippen LogP contribution in [0.3, 0.4) is 0 Å². The molecule has 1 atom stereocenters. The number of carbonyl (C=O) groups is 3. The Balaban J connectivity index is 1.42. The minimum Gasteiger partial charge on any atom is -0.378 e. The molecule has 9 heteroatoms. The third-order valence-electron chi connectivity index (χ3n) is 6.57. The van der Waals surface area contributed by atoms with Crippen molar-refractivity contribution in [3.05, 3.63) is 30.6 Å². The summed E-state index contributed by atoms with van der Waals surface area (Å²) in [5.74, 6) is 0.205. The third-order valence-corrected chi connectivity index (χ3v) is 6.57. The standard InChI is InChI=1S/C24H29N5O4/c1-16-13-28(24(32)18-3-4-18)22-11-19(5-6-21(22)29(16)17(2)30)20-12-25-27(14-20)15-23(31)26-7-9-33-10-8-26/h5-6,11-12,14,16,18H,3-4,7-10,13,15H2,1-2H3/t16-/m0/s1. The van der Waals surface area contributed by atoms with Crippen molar-refractivity contribution in [3.8, 4) is 11.1 Å². The van der Waals surface area contributed by atoms with E-state index in [4.69, 9.17) is 4.74 Å². The number of benzene rings is 1. The first-order valence-corrected chi connectivity index (χ1v) is 11.6. The number of rotatable bonds is 4. The Morgan fingerprint density at radius 3 is 2.55 bits per heavy atom. The van der Waals surface area contributed by atoms with Gasteiger partial charge in [0, 0.05) is 44.2 Å². The highest BCUT2D eigenvalue weighted by Gasteiger charge is 2.39. The normalized spacial score (nSPS) is 20.5. The monoisotopic (exact) mass is 451 g/mol. The van der Waals surface area contributed by atoms with Crippen LogP contribution in [0.15, 0.2) is 30.6 Å². The molecule has 33 heavy (non-hydrogen) atoms. The van der Waals surface area contributed by atoms with Crippen LogP contribution in [-0.4, -0.2) is 71.3 Å². The molecule has 2 aromatic rings. The summed E-state index contributed by atoms with van der Waals surface area (Å²) in [6, 6.07) is 5.73. The molecule has 3 heterocycles. The van der Waals surface area contributed by atoms with Gasteiger partial charge in [-0.1, -0.05) is 6.07 Å². The lowest BCUT2D eigenvalue weighted by Gasteiger charge is -2.41. The molecule has 2 aliphatic heterocycles. The van der Waals surface area contributed by atoms with Crippen molar-refractivity contribution < 1.29 is 19.1 Å². The van der Waals surface area contributed by atoms with E-state index in [0.717, 1.165) is 35.3 Å². The summed E-state index contributed by atoms with van der Waals surface area (Å²) in [5.41, 5.74) is 3.27. The number of aromatic nitrogens is 2. The van der Waals surface area contributed by atoms with E-state index >= 15 is 0 Å². The van der Waals surface area contributed by atoms with Gasteiger partial charge in [0.1, 0.15) is 6.54 Å². The quantitative estimate of drug-likeness (QED) is 0.709. The molecule has 1 aliphatic carbocycles. The van der Waals surface area contributed by atoms with Crippen molar-refractivity contribution in [1.29, 1.82) is 0 Å². The van der Waals surface area contributed by atoms with Gasteiger partial charge in [0.25, 0.3) is 0 Å². The smallest absolute Gasteiger partial charge is 0.244 e. The second-order valence-corrected chi connectivity index (χ2v) is 9.08. The predicted molar refractivity (Wildman–Crippen MR) is 123 cm³/mol. The summed E-state index contributed by atoms with van der Waals surface area (Å²) < 4.78 is 6.95. The lowest BCUT2D eigenvalue weighted by Crippen LogP contribution is -2.51. The van der Waals surface area contributed by atoms with Crippen LogP contribution in [0.5, 0.6) is 0 Å². The van der Waals surface area contributed by atoms with Crippen LogP contribution in [0, 0.1) is 5.92 Å². The highest BCUT2D eigenvalue weighted by atomic mass is 16.5. The number of hydrogen-bond donors (Lipinski definition) is 0. The minimum atomic E-state index is -0.0856. The van der Waals surface area contributed by atoms with Crippen LogP contribution in [-0.2, 0) is 25.7 Å². The van der Waals surface area contributed by atoms with Gasteiger partial charge in [-0.2, -0.15) is 5.10 Å². The molecule has 0 spiro atoms. The highest BCUT2D eigenvalue weighted by Crippen LogP contribution is 2.42. The zero-order chi connectivity index (χ0) is 23.1. The van der Waals surface area contributed by atoms with Crippen LogP contribution in [0.4, 0.5) is 11.4 Å². The van der Waals surface area contributed by atoms with Gasteiger partial charge in [-0.3, -0.25) is 19.1 Å². The Hall–Kier alpha value is -3.20. The van der Waals surface area contributed by atoms with Gasteiger partial charge < -0.3 is 19.4 Å². The maximum atomic E-state index is 13.0. The SMILES string of the molecule is CC(=O)N1c2ccc(-c3cnn(CC(=O)N4CCOCC4)c3)cc2N(C(=O)C2CC2)C[C@@H]1C. The number of nitrogens with zero attached hydrogens (tertiary/aromatic N) is 5. The summed E-state index contributed by atoms with van der Waals surface area (Å²) in [5, 5.41) is 4.38. The predicted octanol–water partition coefficient (Wildman–Crippen LogP) is 1.91. The van der Waals surface area contributed by atoms with Crippen LogP contribution in [0.25, 0.3) is 11.1 Å². The molecule has 9 nitrogen and oxygen atoms in total. The van der Waals surface area contributed by atoms with E-state index < -0.39 is 0 Å². The van der Waals surface area contributed by atoms with E-state index in [-0.39, 0.29) is 36.2 Å². The number of anilines is 2. The largest absolute Gasteiger partial charge is 0.378 e. The van der Waals surface area contributed by atoms with Gasteiger partial charge in [-0.15, -0.1) is 0 Å². The average molecular weight is 452 g/mol. The van der Waals surface area contributed by atoms with Crippen molar-refractivity contribution in [2.24, 2.45) is 5.92 Å². The number of ether oxygens (including phenoxy) is 1. The van der Waals surface area contributed by atoms with Gasteiger partial charge in [-0.05, 0) is 37.5 Å². The molecule has 1 saturated heterocycles. The Morgan fingerprint density at radius 2 is 1.85 bits per heavy atom. The lowest BCUT2D eigenvalue weighted by atomic mass is 10.0. The average Bonchev–Trinajstić information content (AvgIpc) is 3.56. The first-order chi connectivity index (χ1) is 15.9. The highest BCUT2D eigenvalue weighted by molar-refractivity contribution is 6.06. The zero-order valence-electron chi connectivity index (χ0n) is 19.1. The van der Waals surface area contributed by atoms with E-state index in [1.54, 1.807) is 27.6 Å². The zero-order valence-corrected chi connectivity index (χ0v) is 19.1. The number of amides is 3. The summed E-state index contributed by atoms with van der Waals surface area (Å²) >= 11 is 0. The van der Waals surface area contributed by atoms with E-state index in [1.165, 1.54) is 0 Å². The maximum absolute atomic E-state index is 13.0. The van der Waals surface area contributed by atoms with Crippen molar-refractivity contribution >= 4 is 29.1 Å². The number of fused-ring (bicyclic) bond motifs is 1. The molecule has 1 saturated carbocycles. The van der Waals surface area contributed by atoms with E-state index in [0.29, 0.717) is 32.8 Å². The molecule has 0 radical (unpaired) electrons. The Bertz CT molecular complexity index is 1090. The topological polar surface area (TPSA) is 88.0 Å². The maximum Gasteiger partial charge on any atom is 0.244 e. The molecule has 5 rings (SSSR count). The first kappa shape index (κ1) is 21.6. The van der Waals surface area contributed by atoms with E-state index in [2.05, 4.69) is 5.10 Å². The number of hydrogen-bond acceptors (Lipinski definition) is 5. The van der Waals surface area contributed by atoms with Gasteiger partial charge in [-0.25, -0.2) is 0 Å². The van der Waals surface area contributed by atoms with Crippen LogP contribution >= 0.6 is 0 Å². The fourth-order valence-corrected chi connectivity index (χ4v) is 4.69. The van der Waals surface area contributed by atoms with E-state index in [1.807, 2.05) is 36.2 Å². The number of carbonyl (C=O) groups excluding carboxylic acids is 3. The van der Waals surface area contributed by atoms with Crippen molar-refractivity contribution in [2.45, 2.75) is 39.3 Å².